The highest BCUT2D eigenvalue weighted by Crippen LogP contribution is 2.20. The van der Waals surface area contributed by atoms with Crippen LogP contribution in [0.4, 0.5) is 0 Å². The fourth-order valence-electron chi connectivity index (χ4n) is 3.70. The van der Waals surface area contributed by atoms with Crippen LogP contribution in [0.2, 0.25) is 0 Å². The van der Waals surface area contributed by atoms with Gasteiger partial charge in [-0.05, 0) is 50.0 Å². The number of nitrogens with zero attached hydrogens (tertiary/aromatic N) is 6. The summed E-state index contributed by atoms with van der Waals surface area (Å²) in [4.78, 5) is 35.0. The van der Waals surface area contributed by atoms with Crippen molar-refractivity contribution in [3.63, 3.8) is 0 Å². The number of hydrogen-bond donors (Lipinski definition) is 0. The van der Waals surface area contributed by atoms with Crippen LogP contribution in [0.3, 0.4) is 0 Å². The summed E-state index contributed by atoms with van der Waals surface area (Å²) in [5, 5.41) is 4.55. The van der Waals surface area contributed by atoms with Crippen molar-refractivity contribution in [1.29, 1.82) is 0 Å². The van der Waals surface area contributed by atoms with Crippen molar-refractivity contribution < 1.29 is 0 Å². The Morgan fingerprint density at radius 3 is 2.55 bits per heavy atom. The molecule has 150 valence electrons. The highest BCUT2D eigenvalue weighted by Gasteiger charge is 2.21. The second-order valence-electron chi connectivity index (χ2n) is 7.48. The topological polar surface area (TPSA) is 85.9 Å². The van der Waals surface area contributed by atoms with Crippen molar-refractivity contribution in [3.8, 4) is 11.3 Å². The lowest BCUT2D eigenvalue weighted by molar-refractivity contribution is 0.161. The van der Waals surface area contributed by atoms with Gasteiger partial charge in [0.2, 0.25) is 0 Å². The van der Waals surface area contributed by atoms with Crippen LogP contribution in [0, 0.1) is 5.92 Å². The van der Waals surface area contributed by atoms with Gasteiger partial charge in [-0.25, -0.2) is 4.68 Å². The zero-order valence-electron chi connectivity index (χ0n) is 16.4. The minimum absolute atomic E-state index is 0.0432. The largest absolute Gasteiger partial charge is 0.315 e. The number of piperidine rings is 1. The molecule has 0 atom stereocenters. The summed E-state index contributed by atoms with van der Waals surface area (Å²) in [5.41, 5.74) is 2.17. The van der Waals surface area contributed by atoms with E-state index in [0.717, 1.165) is 37.2 Å². The molecule has 1 aliphatic heterocycles. The van der Waals surface area contributed by atoms with Gasteiger partial charge >= 0.3 is 0 Å². The summed E-state index contributed by atoms with van der Waals surface area (Å²) >= 11 is 0. The van der Waals surface area contributed by atoms with Gasteiger partial charge in [0, 0.05) is 56.6 Å². The van der Waals surface area contributed by atoms with E-state index >= 15 is 0 Å². The minimum Gasteiger partial charge on any atom is -0.315 e. The summed E-state index contributed by atoms with van der Waals surface area (Å²) in [6.07, 6.45) is 8.69. The number of rotatable bonds is 5. The monoisotopic (exact) mass is 392 g/mol. The maximum atomic E-state index is 12.3. The van der Waals surface area contributed by atoms with E-state index in [4.69, 9.17) is 0 Å². The molecule has 0 aromatic carbocycles. The average Bonchev–Trinajstić information content (AvgIpc) is 2.75. The van der Waals surface area contributed by atoms with E-state index < -0.39 is 0 Å². The van der Waals surface area contributed by atoms with Crippen LogP contribution in [0.5, 0.6) is 0 Å². The molecule has 8 nitrogen and oxygen atoms in total. The molecule has 29 heavy (non-hydrogen) atoms. The molecule has 0 spiro atoms. The van der Waals surface area contributed by atoms with Gasteiger partial charge in [0.25, 0.3) is 11.1 Å². The van der Waals surface area contributed by atoms with Crippen LogP contribution in [0.15, 0.2) is 58.6 Å². The Hall–Kier alpha value is -3.13. The van der Waals surface area contributed by atoms with E-state index in [2.05, 4.69) is 20.0 Å². The number of hydrogen-bond acceptors (Lipinski definition) is 6. The predicted molar refractivity (Wildman–Crippen MR) is 109 cm³/mol. The van der Waals surface area contributed by atoms with Gasteiger partial charge < -0.3 is 4.57 Å². The number of aryl methyl sites for hydroxylation is 1. The molecule has 3 aromatic heterocycles. The smallest absolute Gasteiger partial charge is 0.273 e. The third kappa shape index (κ3) is 4.48. The third-order valence-electron chi connectivity index (χ3n) is 5.44. The Morgan fingerprint density at radius 1 is 1.03 bits per heavy atom. The molecule has 1 fully saturated rings. The van der Waals surface area contributed by atoms with Crippen molar-refractivity contribution in [3.05, 3.63) is 75.5 Å². The van der Waals surface area contributed by atoms with E-state index in [9.17, 15) is 9.59 Å². The number of aromatic nitrogens is 5. The van der Waals surface area contributed by atoms with Gasteiger partial charge in [-0.2, -0.15) is 5.10 Å². The zero-order chi connectivity index (χ0) is 20.2. The molecule has 3 aromatic rings. The van der Waals surface area contributed by atoms with E-state index in [1.807, 2.05) is 12.1 Å². The van der Waals surface area contributed by atoms with Gasteiger partial charge in [0.05, 0.1) is 5.69 Å². The van der Waals surface area contributed by atoms with Crippen molar-refractivity contribution in [2.45, 2.75) is 25.9 Å². The van der Waals surface area contributed by atoms with Crippen LogP contribution >= 0.6 is 0 Å². The summed E-state index contributed by atoms with van der Waals surface area (Å²) in [6, 6.07) is 7.11. The summed E-state index contributed by atoms with van der Waals surface area (Å²) in [5.74, 6) is 0.385. The Morgan fingerprint density at radius 2 is 1.79 bits per heavy atom. The molecule has 4 rings (SSSR count). The van der Waals surface area contributed by atoms with Crippen molar-refractivity contribution in [1.82, 2.24) is 29.2 Å². The van der Waals surface area contributed by atoms with E-state index in [1.165, 1.54) is 0 Å². The van der Waals surface area contributed by atoms with Crippen molar-refractivity contribution in [2.75, 3.05) is 13.1 Å². The van der Waals surface area contributed by atoms with Gasteiger partial charge in [-0.15, -0.1) is 0 Å². The lowest BCUT2D eigenvalue weighted by atomic mass is 9.96. The molecule has 0 aliphatic carbocycles. The fraction of sp³-hybridized carbons (Fsp3) is 0.381. The molecule has 8 heteroatoms. The van der Waals surface area contributed by atoms with Crippen LogP contribution in [-0.2, 0) is 20.1 Å². The first-order valence-corrected chi connectivity index (χ1v) is 9.81. The Kier molecular flexibility index (Phi) is 5.62. The lowest BCUT2D eigenvalue weighted by Gasteiger charge is -2.31. The standard InChI is InChI=1S/C21H24N6O2/c1-25-13-10-23-19(21(25)29)15-26-11-6-16(7-12-26)14-27-20(28)3-2-18(24-27)17-4-8-22-9-5-17/h2-5,8-10,13,16H,6-7,11-12,14-15H2,1H3. The fourth-order valence-corrected chi connectivity index (χ4v) is 3.70. The van der Waals surface area contributed by atoms with Gasteiger partial charge in [0.1, 0.15) is 5.69 Å². The highest BCUT2D eigenvalue weighted by atomic mass is 16.1. The Labute approximate surface area is 168 Å². The summed E-state index contributed by atoms with van der Waals surface area (Å²) in [6.45, 7) is 2.93. The van der Waals surface area contributed by atoms with Crippen LogP contribution in [0.25, 0.3) is 11.3 Å². The molecule has 1 aliphatic rings. The highest BCUT2D eigenvalue weighted by molar-refractivity contribution is 5.56. The van der Waals surface area contributed by atoms with Crippen molar-refractivity contribution in [2.24, 2.45) is 13.0 Å². The summed E-state index contributed by atoms with van der Waals surface area (Å²) in [7, 11) is 1.74. The number of pyridine rings is 1. The minimum atomic E-state index is -0.0813. The van der Waals surface area contributed by atoms with Crippen LogP contribution in [-0.4, -0.2) is 42.3 Å². The van der Waals surface area contributed by atoms with E-state index in [-0.39, 0.29) is 11.1 Å². The molecular weight excluding hydrogens is 368 g/mol. The van der Waals surface area contributed by atoms with Crippen LogP contribution in [0.1, 0.15) is 18.5 Å². The second-order valence-corrected chi connectivity index (χ2v) is 7.48. The molecule has 0 N–H and O–H groups in total. The first kappa shape index (κ1) is 19.2. The maximum Gasteiger partial charge on any atom is 0.273 e. The Bertz CT molecular complexity index is 1080. The van der Waals surface area contributed by atoms with E-state index in [0.29, 0.717) is 24.7 Å². The molecule has 0 saturated carbocycles. The quantitative estimate of drug-likeness (QED) is 0.651. The predicted octanol–water partition coefficient (Wildman–Crippen LogP) is 1.31. The first-order chi connectivity index (χ1) is 14.1. The summed E-state index contributed by atoms with van der Waals surface area (Å²) < 4.78 is 3.13. The van der Waals surface area contributed by atoms with E-state index in [1.54, 1.807) is 53.2 Å². The average molecular weight is 392 g/mol. The molecule has 4 heterocycles. The molecule has 0 radical (unpaired) electrons. The normalized spacial score (nSPS) is 15.5. The Balaban J connectivity index is 1.39. The van der Waals surface area contributed by atoms with Crippen LogP contribution < -0.4 is 11.1 Å². The van der Waals surface area contributed by atoms with Gasteiger partial charge in [-0.3, -0.25) is 24.5 Å². The maximum absolute atomic E-state index is 12.3. The van der Waals surface area contributed by atoms with Crippen molar-refractivity contribution >= 4 is 0 Å². The SMILES string of the molecule is Cn1ccnc(CN2CCC(Cn3nc(-c4ccncc4)ccc3=O)CC2)c1=O. The molecular formula is C21H24N6O2. The molecule has 0 unspecified atom stereocenters. The third-order valence-corrected chi connectivity index (χ3v) is 5.44. The molecule has 0 bridgehead atoms. The van der Waals surface area contributed by atoms with Gasteiger partial charge in [-0.1, -0.05) is 0 Å². The number of likely N-dealkylation sites (tertiary alicyclic amines) is 1. The molecule has 0 amide bonds. The molecule has 1 saturated heterocycles. The van der Waals surface area contributed by atoms with Gasteiger partial charge in [0.15, 0.2) is 0 Å². The second kappa shape index (κ2) is 8.48. The lowest BCUT2D eigenvalue weighted by Crippen LogP contribution is -2.38. The first-order valence-electron chi connectivity index (χ1n) is 9.81. The zero-order valence-corrected chi connectivity index (χ0v) is 16.4.